The molecule has 0 saturated carbocycles. The van der Waals surface area contributed by atoms with E-state index in [1.54, 1.807) is 6.92 Å². The minimum absolute atomic E-state index is 0.0569. The van der Waals surface area contributed by atoms with Gasteiger partial charge in [-0.3, -0.25) is 14.4 Å². The van der Waals surface area contributed by atoms with Gasteiger partial charge in [0, 0.05) is 31.0 Å². The maximum atomic E-state index is 13.2. The molecule has 176 valence electrons. The van der Waals surface area contributed by atoms with Crippen LogP contribution in [0, 0.1) is 0 Å². The van der Waals surface area contributed by atoms with Gasteiger partial charge in [-0.15, -0.1) is 0 Å². The second-order valence-corrected chi connectivity index (χ2v) is 9.43. The quantitative estimate of drug-likeness (QED) is 0.613. The van der Waals surface area contributed by atoms with Crippen LogP contribution in [0.2, 0.25) is 0 Å². The molecule has 2 fully saturated rings. The molecule has 2 aromatic carbocycles. The fraction of sp³-hybridized carbons (Fsp3) is 0.519. The smallest absolute Gasteiger partial charge is 0.307 e. The molecule has 2 aliphatic heterocycles. The fourth-order valence-electron chi connectivity index (χ4n) is 5.36. The predicted octanol–water partition coefficient (Wildman–Crippen LogP) is 4.15. The highest BCUT2D eigenvalue weighted by molar-refractivity contribution is 5.83. The summed E-state index contributed by atoms with van der Waals surface area (Å²) in [5.74, 6) is -0.109. The van der Waals surface area contributed by atoms with E-state index < -0.39 is 5.54 Å². The van der Waals surface area contributed by atoms with Crippen LogP contribution in [0.15, 0.2) is 42.5 Å². The molecule has 2 aromatic rings. The Kier molecular flexibility index (Phi) is 7.31. The highest BCUT2D eigenvalue weighted by Gasteiger charge is 2.39. The number of carbonyl (C=O) groups excluding carboxylic acids is 3. The molecule has 33 heavy (non-hydrogen) atoms. The summed E-state index contributed by atoms with van der Waals surface area (Å²) in [7, 11) is 0. The number of piperidine rings is 1. The lowest BCUT2D eigenvalue weighted by Crippen LogP contribution is -2.47. The molecule has 2 amide bonds. The Labute approximate surface area is 195 Å². The number of rotatable bonds is 8. The van der Waals surface area contributed by atoms with Crippen molar-refractivity contribution in [2.45, 2.75) is 76.3 Å². The van der Waals surface area contributed by atoms with Crippen LogP contribution < -0.4 is 5.32 Å². The summed E-state index contributed by atoms with van der Waals surface area (Å²) < 4.78 is 5.11. The summed E-state index contributed by atoms with van der Waals surface area (Å²) in [5, 5.41) is 5.57. The molecule has 2 atom stereocenters. The maximum Gasteiger partial charge on any atom is 0.307 e. The lowest BCUT2D eigenvalue weighted by Gasteiger charge is -2.36. The van der Waals surface area contributed by atoms with E-state index in [1.807, 2.05) is 17.0 Å². The normalized spacial score (nSPS) is 22.9. The molecule has 0 aliphatic carbocycles. The average Bonchev–Trinajstić information content (AvgIpc) is 3.18. The molecule has 0 aromatic heterocycles. The second kappa shape index (κ2) is 10.4. The van der Waals surface area contributed by atoms with Gasteiger partial charge in [-0.25, -0.2) is 0 Å². The number of nitrogens with zero attached hydrogens (tertiary/aromatic N) is 1. The Balaban J connectivity index is 1.44. The van der Waals surface area contributed by atoms with Gasteiger partial charge in [0.05, 0.1) is 13.0 Å². The number of fused-ring (bicyclic) bond motifs is 1. The van der Waals surface area contributed by atoms with Crippen LogP contribution in [-0.4, -0.2) is 47.4 Å². The van der Waals surface area contributed by atoms with E-state index in [1.165, 1.54) is 16.3 Å². The van der Waals surface area contributed by atoms with Gasteiger partial charge in [0.15, 0.2) is 0 Å². The second-order valence-electron chi connectivity index (χ2n) is 9.43. The van der Waals surface area contributed by atoms with Crippen molar-refractivity contribution in [3.63, 3.8) is 0 Å². The summed E-state index contributed by atoms with van der Waals surface area (Å²) in [4.78, 5) is 39.3. The van der Waals surface area contributed by atoms with Crippen molar-refractivity contribution in [3.05, 3.63) is 48.0 Å². The Hall–Kier alpha value is -2.89. The molecule has 0 spiro atoms. The lowest BCUT2D eigenvalue weighted by molar-refractivity contribution is -0.146. The van der Waals surface area contributed by atoms with Crippen LogP contribution in [-0.2, 0) is 25.5 Å². The Morgan fingerprint density at radius 1 is 1.15 bits per heavy atom. The van der Waals surface area contributed by atoms with Gasteiger partial charge in [-0.2, -0.15) is 0 Å². The SMILES string of the molecule is CCOC(=O)C[C@H]1CCCCN1C(=O)CC[C@]1(Cc2ccc3ccccc3c2)CCC(=O)N1. The molecule has 0 radical (unpaired) electrons. The standard InChI is InChI=1S/C27H34N2O4/c1-2-33-26(32)18-23-9-5-6-16-29(23)25(31)13-15-27(14-12-24(30)28-27)19-20-10-11-21-7-3-4-8-22(21)17-20/h3-4,7-8,10-11,17,23H,2,5-6,9,12-16,18-19H2,1H3,(H,28,30)/t23-,27+/m1/s1. The van der Waals surface area contributed by atoms with Crippen molar-refractivity contribution in [3.8, 4) is 0 Å². The highest BCUT2D eigenvalue weighted by Crippen LogP contribution is 2.32. The van der Waals surface area contributed by atoms with E-state index >= 15 is 0 Å². The summed E-state index contributed by atoms with van der Waals surface area (Å²) in [6.45, 7) is 2.84. The van der Waals surface area contributed by atoms with E-state index in [0.29, 0.717) is 38.8 Å². The minimum atomic E-state index is -0.401. The largest absolute Gasteiger partial charge is 0.466 e. The maximum absolute atomic E-state index is 13.2. The summed E-state index contributed by atoms with van der Waals surface area (Å²) in [6.07, 6.45) is 6.00. The van der Waals surface area contributed by atoms with Gasteiger partial charge in [0.1, 0.15) is 0 Å². The first-order chi connectivity index (χ1) is 16.0. The van der Waals surface area contributed by atoms with E-state index in [2.05, 4.69) is 35.6 Å². The number of amides is 2. The monoisotopic (exact) mass is 450 g/mol. The first-order valence-electron chi connectivity index (χ1n) is 12.2. The van der Waals surface area contributed by atoms with Crippen molar-refractivity contribution in [1.82, 2.24) is 10.2 Å². The van der Waals surface area contributed by atoms with Gasteiger partial charge in [-0.1, -0.05) is 42.5 Å². The number of benzene rings is 2. The summed E-state index contributed by atoms with van der Waals surface area (Å²) >= 11 is 0. The zero-order valence-corrected chi connectivity index (χ0v) is 19.5. The van der Waals surface area contributed by atoms with E-state index in [0.717, 1.165) is 25.7 Å². The Morgan fingerprint density at radius 2 is 1.97 bits per heavy atom. The van der Waals surface area contributed by atoms with E-state index in [4.69, 9.17) is 4.74 Å². The van der Waals surface area contributed by atoms with Crippen LogP contribution in [0.4, 0.5) is 0 Å². The van der Waals surface area contributed by atoms with Crippen LogP contribution in [0.3, 0.4) is 0 Å². The number of nitrogens with one attached hydrogen (secondary N) is 1. The number of hydrogen-bond acceptors (Lipinski definition) is 4. The third kappa shape index (κ3) is 5.73. The van der Waals surface area contributed by atoms with Gasteiger partial charge < -0.3 is 15.0 Å². The molecule has 2 aliphatic rings. The molecule has 6 nitrogen and oxygen atoms in total. The third-order valence-corrected chi connectivity index (χ3v) is 7.06. The first-order valence-corrected chi connectivity index (χ1v) is 12.2. The highest BCUT2D eigenvalue weighted by atomic mass is 16.5. The molecule has 0 bridgehead atoms. The topological polar surface area (TPSA) is 75.7 Å². The Morgan fingerprint density at radius 3 is 2.73 bits per heavy atom. The fourth-order valence-corrected chi connectivity index (χ4v) is 5.36. The summed E-state index contributed by atoms with van der Waals surface area (Å²) in [6, 6.07) is 14.6. The first kappa shape index (κ1) is 23.3. The molecule has 2 heterocycles. The molecular formula is C27H34N2O4. The van der Waals surface area contributed by atoms with Crippen molar-refractivity contribution < 1.29 is 19.1 Å². The number of likely N-dealkylation sites (tertiary alicyclic amines) is 1. The number of hydrogen-bond donors (Lipinski definition) is 1. The molecule has 1 N–H and O–H groups in total. The van der Waals surface area contributed by atoms with Crippen molar-refractivity contribution in [2.24, 2.45) is 0 Å². The van der Waals surface area contributed by atoms with Gasteiger partial charge in [0.25, 0.3) is 0 Å². The lowest BCUT2D eigenvalue weighted by atomic mass is 9.84. The van der Waals surface area contributed by atoms with Crippen LogP contribution >= 0.6 is 0 Å². The van der Waals surface area contributed by atoms with Crippen molar-refractivity contribution in [2.75, 3.05) is 13.2 Å². The molecule has 2 saturated heterocycles. The van der Waals surface area contributed by atoms with E-state index in [-0.39, 0.29) is 30.2 Å². The molecule has 6 heteroatoms. The van der Waals surface area contributed by atoms with Gasteiger partial charge >= 0.3 is 5.97 Å². The summed E-state index contributed by atoms with van der Waals surface area (Å²) in [5.41, 5.74) is 0.767. The third-order valence-electron chi connectivity index (χ3n) is 7.06. The van der Waals surface area contributed by atoms with E-state index in [9.17, 15) is 14.4 Å². The van der Waals surface area contributed by atoms with Crippen molar-refractivity contribution in [1.29, 1.82) is 0 Å². The minimum Gasteiger partial charge on any atom is -0.466 e. The number of carbonyl (C=O) groups is 3. The number of ether oxygens (including phenoxy) is 1. The molecular weight excluding hydrogens is 416 g/mol. The molecule has 4 rings (SSSR count). The Bertz CT molecular complexity index is 1020. The van der Waals surface area contributed by atoms with Crippen molar-refractivity contribution >= 4 is 28.6 Å². The van der Waals surface area contributed by atoms with Crippen LogP contribution in [0.5, 0.6) is 0 Å². The van der Waals surface area contributed by atoms with Crippen LogP contribution in [0.25, 0.3) is 10.8 Å². The van der Waals surface area contributed by atoms with Gasteiger partial charge in [0.2, 0.25) is 11.8 Å². The zero-order chi connectivity index (χ0) is 23.3. The predicted molar refractivity (Wildman–Crippen MR) is 128 cm³/mol. The van der Waals surface area contributed by atoms with Gasteiger partial charge in [-0.05, 0) is 61.8 Å². The zero-order valence-electron chi connectivity index (χ0n) is 19.5. The van der Waals surface area contributed by atoms with Crippen LogP contribution in [0.1, 0.15) is 63.9 Å². The average molecular weight is 451 g/mol. The molecule has 0 unspecified atom stereocenters. The number of esters is 1.